The molecule has 0 fully saturated rings. The van der Waals surface area contributed by atoms with Gasteiger partial charge in [0.2, 0.25) is 0 Å². The lowest BCUT2D eigenvalue weighted by Gasteiger charge is -2.17. The standard InChI is InChI=1S/C42H34O4/c1-27-11-5-15-31(23-27)35-19-9-21-37(39(35)33-17-7-13-29(3)25-33)41(43)45-46-42(44)38-22-10-20-36(32-16-6-12-28(2)24-32)40(38)34-18-8-14-30(4)26-34/h5-26H,1-4H3. The average molecular weight is 603 g/mol. The van der Waals surface area contributed by atoms with Crippen molar-refractivity contribution in [1.29, 1.82) is 0 Å². The summed E-state index contributed by atoms with van der Waals surface area (Å²) in [6, 6.07) is 43.2. The van der Waals surface area contributed by atoms with Crippen molar-refractivity contribution in [3.05, 3.63) is 167 Å². The van der Waals surface area contributed by atoms with Crippen molar-refractivity contribution in [3.63, 3.8) is 0 Å². The molecule has 0 saturated heterocycles. The van der Waals surface area contributed by atoms with Crippen molar-refractivity contribution in [1.82, 2.24) is 0 Å². The van der Waals surface area contributed by atoms with E-state index in [2.05, 4.69) is 12.1 Å². The minimum atomic E-state index is -0.758. The van der Waals surface area contributed by atoms with Crippen LogP contribution < -0.4 is 0 Å². The average Bonchev–Trinajstić information content (AvgIpc) is 3.06. The Morgan fingerprint density at radius 2 is 0.696 bits per heavy atom. The molecule has 0 radical (unpaired) electrons. The summed E-state index contributed by atoms with van der Waals surface area (Å²) < 4.78 is 0. The quantitative estimate of drug-likeness (QED) is 0.141. The molecule has 0 spiro atoms. The highest BCUT2D eigenvalue weighted by atomic mass is 17.2. The maximum Gasteiger partial charge on any atom is 0.386 e. The maximum atomic E-state index is 13.7. The molecule has 6 aromatic carbocycles. The first-order chi connectivity index (χ1) is 22.3. The molecular weight excluding hydrogens is 568 g/mol. The fraction of sp³-hybridized carbons (Fsp3) is 0.0952. The Morgan fingerprint density at radius 3 is 1.04 bits per heavy atom. The van der Waals surface area contributed by atoms with E-state index in [0.717, 1.165) is 55.6 Å². The minimum absolute atomic E-state index is 0.296. The van der Waals surface area contributed by atoms with Gasteiger partial charge in [-0.3, -0.25) is 0 Å². The second kappa shape index (κ2) is 13.1. The molecule has 0 bridgehead atoms. The van der Waals surface area contributed by atoms with Gasteiger partial charge < -0.3 is 0 Å². The summed E-state index contributed by atoms with van der Waals surface area (Å²) in [5, 5.41) is 0. The fourth-order valence-electron chi connectivity index (χ4n) is 5.94. The Hall–Kier alpha value is -5.74. The van der Waals surface area contributed by atoms with Crippen LogP contribution in [0.2, 0.25) is 0 Å². The molecule has 0 unspecified atom stereocenters. The lowest BCUT2D eigenvalue weighted by molar-refractivity contribution is -0.187. The van der Waals surface area contributed by atoms with Crippen LogP contribution in [0.5, 0.6) is 0 Å². The van der Waals surface area contributed by atoms with E-state index in [-0.39, 0.29) is 0 Å². The van der Waals surface area contributed by atoms with Crippen LogP contribution in [-0.4, -0.2) is 11.9 Å². The molecule has 6 rings (SSSR count). The van der Waals surface area contributed by atoms with Crippen LogP contribution in [0.1, 0.15) is 43.0 Å². The van der Waals surface area contributed by atoms with Crippen molar-refractivity contribution in [2.45, 2.75) is 27.7 Å². The predicted molar refractivity (Wildman–Crippen MR) is 184 cm³/mol. The molecular formula is C42H34O4. The summed E-state index contributed by atoms with van der Waals surface area (Å²) in [6.07, 6.45) is 0. The molecule has 0 amide bonds. The molecule has 0 heterocycles. The predicted octanol–water partition coefficient (Wildman–Crippen LogP) is 10.5. The summed E-state index contributed by atoms with van der Waals surface area (Å²) >= 11 is 0. The SMILES string of the molecule is Cc1cccc(-c2cccc(C(=O)OOC(=O)c3cccc(-c4cccc(C)c4)c3-c3cccc(C)c3)c2-c2cccc(C)c2)c1. The highest BCUT2D eigenvalue weighted by Crippen LogP contribution is 2.38. The van der Waals surface area contributed by atoms with Crippen LogP contribution in [-0.2, 0) is 9.78 Å². The zero-order chi connectivity index (χ0) is 32.2. The highest BCUT2D eigenvalue weighted by molar-refractivity contribution is 6.04. The third-order valence-electron chi connectivity index (χ3n) is 8.03. The molecule has 0 N–H and O–H groups in total. The molecule has 46 heavy (non-hydrogen) atoms. The molecule has 0 saturated carbocycles. The van der Waals surface area contributed by atoms with Crippen LogP contribution in [0.4, 0.5) is 0 Å². The number of rotatable bonds is 6. The number of aryl methyl sites for hydroxylation is 4. The van der Waals surface area contributed by atoms with Gasteiger partial charge >= 0.3 is 11.9 Å². The number of benzene rings is 6. The van der Waals surface area contributed by atoms with Crippen LogP contribution in [0.3, 0.4) is 0 Å². The molecule has 0 aliphatic heterocycles. The second-order valence-corrected chi connectivity index (χ2v) is 11.7. The molecule has 6 aromatic rings. The van der Waals surface area contributed by atoms with Crippen molar-refractivity contribution in [2.75, 3.05) is 0 Å². The topological polar surface area (TPSA) is 52.6 Å². The number of carbonyl (C=O) groups excluding carboxylic acids is 2. The van der Waals surface area contributed by atoms with Crippen molar-refractivity contribution in [3.8, 4) is 44.5 Å². The smallest absolute Gasteiger partial charge is 0.241 e. The van der Waals surface area contributed by atoms with E-state index in [0.29, 0.717) is 22.3 Å². The third kappa shape index (κ3) is 6.38. The molecule has 0 aliphatic rings. The van der Waals surface area contributed by atoms with E-state index in [1.807, 2.05) is 137 Å². The van der Waals surface area contributed by atoms with E-state index < -0.39 is 11.9 Å². The Balaban J connectivity index is 1.38. The van der Waals surface area contributed by atoms with Crippen molar-refractivity contribution >= 4 is 11.9 Å². The lowest BCUT2D eigenvalue weighted by atomic mass is 9.89. The van der Waals surface area contributed by atoms with Gasteiger partial charge in [-0.2, -0.15) is 0 Å². The summed E-state index contributed by atoms with van der Waals surface area (Å²) in [5.41, 5.74) is 11.8. The first-order valence-corrected chi connectivity index (χ1v) is 15.3. The number of hydrogen-bond donors (Lipinski definition) is 0. The van der Waals surface area contributed by atoms with E-state index in [4.69, 9.17) is 9.78 Å². The van der Waals surface area contributed by atoms with E-state index in [9.17, 15) is 9.59 Å². The largest absolute Gasteiger partial charge is 0.386 e. The van der Waals surface area contributed by atoms with Crippen LogP contribution in [0, 0.1) is 27.7 Å². The molecule has 0 atom stereocenters. The fourth-order valence-corrected chi connectivity index (χ4v) is 5.94. The van der Waals surface area contributed by atoms with Gasteiger partial charge in [0.25, 0.3) is 0 Å². The Bertz CT molecular complexity index is 1940. The van der Waals surface area contributed by atoms with Gasteiger partial charge in [0.05, 0.1) is 11.1 Å². The number of carbonyl (C=O) groups is 2. The van der Waals surface area contributed by atoms with Crippen molar-refractivity contribution in [2.24, 2.45) is 0 Å². The summed E-state index contributed by atoms with van der Waals surface area (Å²) in [4.78, 5) is 38.2. The summed E-state index contributed by atoms with van der Waals surface area (Å²) in [6.45, 7) is 8.09. The second-order valence-electron chi connectivity index (χ2n) is 11.7. The number of hydrogen-bond acceptors (Lipinski definition) is 4. The Morgan fingerprint density at radius 1 is 0.391 bits per heavy atom. The van der Waals surface area contributed by atoms with E-state index in [1.165, 1.54) is 0 Å². The highest BCUT2D eigenvalue weighted by Gasteiger charge is 2.24. The molecule has 0 aliphatic carbocycles. The van der Waals surface area contributed by atoms with Gasteiger partial charge in [-0.15, -0.1) is 0 Å². The van der Waals surface area contributed by atoms with Gasteiger partial charge in [0.15, 0.2) is 0 Å². The van der Waals surface area contributed by atoms with Gasteiger partial charge in [-0.1, -0.05) is 144 Å². The van der Waals surface area contributed by atoms with Crippen molar-refractivity contribution < 1.29 is 19.4 Å². The first-order valence-electron chi connectivity index (χ1n) is 15.3. The monoisotopic (exact) mass is 602 g/mol. The van der Waals surface area contributed by atoms with E-state index >= 15 is 0 Å². The summed E-state index contributed by atoms with van der Waals surface area (Å²) in [7, 11) is 0. The zero-order valence-corrected chi connectivity index (χ0v) is 26.3. The molecule has 226 valence electrons. The van der Waals surface area contributed by atoms with Crippen LogP contribution in [0.15, 0.2) is 133 Å². The Labute approximate surface area is 269 Å². The van der Waals surface area contributed by atoms with E-state index in [1.54, 1.807) is 12.1 Å². The normalized spacial score (nSPS) is 10.8. The third-order valence-corrected chi connectivity index (χ3v) is 8.03. The molecule has 0 aromatic heterocycles. The zero-order valence-electron chi connectivity index (χ0n) is 26.3. The summed E-state index contributed by atoms with van der Waals surface area (Å²) in [5.74, 6) is -1.52. The van der Waals surface area contributed by atoms with Gasteiger partial charge in [0, 0.05) is 11.1 Å². The van der Waals surface area contributed by atoms with Crippen LogP contribution in [0.25, 0.3) is 44.5 Å². The van der Waals surface area contributed by atoms with Gasteiger partial charge in [-0.25, -0.2) is 19.4 Å². The van der Waals surface area contributed by atoms with Gasteiger partial charge in [0.1, 0.15) is 0 Å². The minimum Gasteiger partial charge on any atom is -0.241 e. The van der Waals surface area contributed by atoms with Crippen LogP contribution >= 0.6 is 0 Å². The van der Waals surface area contributed by atoms with Gasteiger partial charge in [-0.05, 0) is 73.2 Å². The lowest BCUT2D eigenvalue weighted by Crippen LogP contribution is -2.14. The molecule has 4 nitrogen and oxygen atoms in total. The maximum absolute atomic E-state index is 13.7. The first kappa shape index (κ1) is 30.3. The molecule has 4 heteroatoms. The Kier molecular flexibility index (Phi) is 8.62.